The molecule has 88 valence electrons. The Balaban J connectivity index is 0.000000385. The number of carboxylic acid groups (broad SMARTS) is 1. The van der Waals surface area contributed by atoms with Crippen LogP contribution in [0.5, 0.6) is 0 Å². The van der Waals surface area contributed by atoms with Crippen LogP contribution < -0.4 is 11.3 Å². The minimum Gasteiger partial charge on any atom is -0.478 e. The van der Waals surface area contributed by atoms with E-state index >= 15 is 0 Å². The summed E-state index contributed by atoms with van der Waals surface area (Å²) >= 11 is 0. The summed E-state index contributed by atoms with van der Waals surface area (Å²) in [6, 6.07) is 9.40. The van der Waals surface area contributed by atoms with Crippen molar-refractivity contribution in [1.82, 2.24) is 5.43 Å². The van der Waals surface area contributed by atoms with Crippen LogP contribution in [0.2, 0.25) is 0 Å². The lowest BCUT2D eigenvalue weighted by Gasteiger charge is -2.08. The van der Waals surface area contributed by atoms with Crippen molar-refractivity contribution in [2.45, 2.75) is 6.10 Å². The first-order valence-electron chi connectivity index (χ1n) is 4.63. The molecule has 5 heteroatoms. The number of nitrogens with one attached hydrogen (secondary N) is 1. The number of rotatable bonds is 4. The van der Waals surface area contributed by atoms with Crippen molar-refractivity contribution in [3.63, 3.8) is 0 Å². The first kappa shape index (κ1) is 14.3. The molecule has 0 radical (unpaired) electrons. The summed E-state index contributed by atoms with van der Waals surface area (Å²) in [5.41, 5.74) is 3.30. The van der Waals surface area contributed by atoms with Crippen molar-refractivity contribution >= 4 is 5.97 Å². The number of hydrogen-bond donors (Lipinski definition) is 4. The first-order valence-corrected chi connectivity index (χ1v) is 4.63. The van der Waals surface area contributed by atoms with Crippen molar-refractivity contribution in [3.8, 4) is 0 Å². The molecule has 1 atom stereocenters. The molecule has 1 aromatic carbocycles. The van der Waals surface area contributed by atoms with Gasteiger partial charge in [-0.15, -0.1) is 0 Å². The van der Waals surface area contributed by atoms with Crippen molar-refractivity contribution in [2.24, 2.45) is 5.84 Å². The molecule has 1 aromatic rings. The minimum atomic E-state index is -0.981. The van der Waals surface area contributed by atoms with Crippen molar-refractivity contribution < 1.29 is 15.0 Å². The zero-order valence-corrected chi connectivity index (χ0v) is 8.84. The van der Waals surface area contributed by atoms with Gasteiger partial charge in [0.25, 0.3) is 0 Å². The molecular formula is C11H16N2O3. The van der Waals surface area contributed by atoms with E-state index < -0.39 is 12.1 Å². The summed E-state index contributed by atoms with van der Waals surface area (Å²) in [6.07, 6.45) is 0.321. The zero-order valence-electron chi connectivity index (χ0n) is 8.84. The normalized spacial score (nSPS) is 10.9. The van der Waals surface area contributed by atoms with Crippen molar-refractivity contribution in [3.05, 3.63) is 48.6 Å². The molecular weight excluding hydrogens is 208 g/mol. The van der Waals surface area contributed by atoms with E-state index in [2.05, 4.69) is 12.0 Å². The fraction of sp³-hybridized carbons (Fsp3) is 0.182. The van der Waals surface area contributed by atoms with Gasteiger partial charge >= 0.3 is 5.97 Å². The smallest absolute Gasteiger partial charge is 0.327 e. The molecule has 0 bridgehead atoms. The zero-order chi connectivity index (χ0) is 12.4. The molecule has 1 rings (SSSR count). The van der Waals surface area contributed by atoms with Gasteiger partial charge < -0.3 is 10.2 Å². The molecule has 0 aliphatic carbocycles. The Morgan fingerprint density at radius 3 is 2.38 bits per heavy atom. The Morgan fingerprint density at radius 2 is 2.00 bits per heavy atom. The lowest BCUT2D eigenvalue weighted by Crippen LogP contribution is -2.27. The summed E-state index contributed by atoms with van der Waals surface area (Å²) in [5, 5.41) is 17.0. The number of hydrazine groups is 1. The number of aliphatic hydroxyl groups excluding tert-OH is 1. The molecule has 0 heterocycles. The molecule has 0 amide bonds. The van der Waals surface area contributed by atoms with E-state index in [9.17, 15) is 9.90 Å². The van der Waals surface area contributed by atoms with Crippen molar-refractivity contribution in [1.29, 1.82) is 0 Å². The number of carboxylic acids is 1. The van der Waals surface area contributed by atoms with Gasteiger partial charge in [-0.3, -0.25) is 11.3 Å². The van der Waals surface area contributed by atoms with E-state index in [4.69, 9.17) is 10.9 Å². The van der Waals surface area contributed by atoms with Crippen LogP contribution in [0.4, 0.5) is 0 Å². The van der Waals surface area contributed by atoms with Crippen LogP contribution in [0.1, 0.15) is 11.7 Å². The molecule has 0 saturated carbocycles. The molecule has 0 aliphatic heterocycles. The highest BCUT2D eigenvalue weighted by molar-refractivity contribution is 5.78. The number of nitrogens with two attached hydrogens (primary N) is 1. The van der Waals surface area contributed by atoms with E-state index in [1.54, 1.807) is 0 Å². The van der Waals surface area contributed by atoms with E-state index in [0.717, 1.165) is 11.6 Å². The van der Waals surface area contributed by atoms with Crippen LogP contribution in [0, 0.1) is 0 Å². The maximum Gasteiger partial charge on any atom is 0.327 e. The largest absolute Gasteiger partial charge is 0.478 e. The maximum absolute atomic E-state index is 9.38. The van der Waals surface area contributed by atoms with Crippen LogP contribution in [0.25, 0.3) is 0 Å². The van der Waals surface area contributed by atoms with Gasteiger partial charge in [0.15, 0.2) is 0 Å². The first-order chi connectivity index (χ1) is 7.61. The van der Waals surface area contributed by atoms with Crippen molar-refractivity contribution in [2.75, 3.05) is 6.54 Å². The SMILES string of the molecule is C=CC(=O)O.NNCC(O)c1ccccc1. The van der Waals surface area contributed by atoms with E-state index in [-0.39, 0.29) is 0 Å². The van der Waals surface area contributed by atoms with Gasteiger partial charge in [0.05, 0.1) is 6.10 Å². The molecule has 16 heavy (non-hydrogen) atoms. The number of aliphatic carboxylic acids is 1. The van der Waals surface area contributed by atoms with Crippen LogP contribution in [0.15, 0.2) is 43.0 Å². The molecule has 0 spiro atoms. The summed E-state index contributed by atoms with van der Waals surface area (Å²) in [4.78, 5) is 9.25. The van der Waals surface area contributed by atoms with Crippen LogP contribution >= 0.6 is 0 Å². The Bertz CT molecular complexity index is 314. The van der Waals surface area contributed by atoms with Crippen LogP contribution in [-0.2, 0) is 4.79 Å². The molecule has 0 aliphatic rings. The van der Waals surface area contributed by atoms with Crippen LogP contribution in [0.3, 0.4) is 0 Å². The molecule has 5 nitrogen and oxygen atoms in total. The molecule has 0 aromatic heterocycles. The average molecular weight is 224 g/mol. The highest BCUT2D eigenvalue weighted by atomic mass is 16.4. The number of benzene rings is 1. The third-order valence-corrected chi connectivity index (χ3v) is 1.67. The highest BCUT2D eigenvalue weighted by Crippen LogP contribution is 2.09. The lowest BCUT2D eigenvalue weighted by molar-refractivity contribution is -0.131. The van der Waals surface area contributed by atoms with Gasteiger partial charge in [-0.05, 0) is 5.56 Å². The van der Waals surface area contributed by atoms with Gasteiger partial charge in [-0.25, -0.2) is 4.79 Å². The van der Waals surface area contributed by atoms with Gasteiger partial charge in [0.1, 0.15) is 0 Å². The highest BCUT2D eigenvalue weighted by Gasteiger charge is 2.03. The standard InChI is InChI=1S/C8H12N2O.C3H4O2/c9-10-6-8(11)7-4-2-1-3-5-7;1-2-3(4)5/h1-5,8,10-11H,6,9H2;2H,1H2,(H,4,5). The second-order valence-electron chi connectivity index (χ2n) is 2.88. The fourth-order valence-corrected chi connectivity index (χ4v) is 0.905. The van der Waals surface area contributed by atoms with Crippen LogP contribution in [-0.4, -0.2) is 22.7 Å². The fourth-order valence-electron chi connectivity index (χ4n) is 0.905. The molecule has 0 fully saturated rings. The second-order valence-corrected chi connectivity index (χ2v) is 2.88. The summed E-state index contributed by atoms with van der Waals surface area (Å²) < 4.78 is 0. The van der Waals surface area contributed by atoms with E-state index in [1.165, 1.54) is 0 Å². The second kappa shape index (κ2) is 8.60. The third-order valence-electron chi connectivity index (χ3n) is 1.67. The van der Waals surface area contributed by atoms with E-state index in [1.807, 2.05) is 30.3 Å². The van der Waals surface area contributed by atoms with Gasteiger partial charge in [-0.1, -0.05) is 36.9 Å². The quantitative estimate of drug-likeness (QED) is 0.338. The molecule has 0 saturated heterocycles. The number of hydrogen-bond acceptors (Lipinski definition) is 4. The van der Waals surface area contributed by atoms with Gasteiger partial charge in [0.2, 0.25) is 0 Å². The Morgan fingerprint density at radius 1 is 1.50 bits per heavy atom. The predicted octanol–water partition coefficient (Wildman–Crippen LogP) is 0.440. The Labute approximate surface area is 94.2 Å². The Hall–Kier alpha value is -1.69. The lowest BCUT2D eigenvalue weighted by atomic mass is 10.1. The number of aliphatic hydroxyl groups is 1. The predicted molar refractivity (Wildman–Crippen MR) is 61.4 cm³/mol. The maximum atomic E-state index is 9.38. The topological polar surface area (TPSA) is 95.6 Å². The third kappa shape index (κ3) is 6.72. The van der Waals surface area contributed by atoms with Gasteiger partial charge in [-0.2, -0.15) is 0 Å². The average Bonchev–Trinajstić information content (AvgIpc) is 2.31. The van der Waals surface area contributed by atoms with E-state index in [0.29, 0.717) is 6.54 Å². The Kier molecular flexibility index (Phi) is 7.70. The number of carbonyl (C=O) groups is 1. The monoisotopic (exact) mass is 224 g/mol. The molecule has 1 unspecified atom stereocenters. The van der Waals surface area contributed by atoms with Gasteiger partial charge in [0, 0.05) is 12.6 Å². The summed E-state index contributed by atoms with van der Waals surface area (Å²) in [5.74, 6) is 4.08. The minimum absolute atomic E-state index is 0.379. The summed E-state index contributed by atoms with van der Waals surface area (Å²) in [6.45, 7) is 3.34. The summed E-state index contributed by atoms with van der Waals surface area (Å²) in [7, 11) is 0. The molecule has 5 N–H and O–H groups in total.